The van der Waals surface area contributed by atoms with E-state index in [1.807, 2.05) is 13.8 Å². The van der Waals surface area contributed by atoms with E-state index in [1.54, 1.807) is 12.1 Å². The minimum Gasteiger partial charge on any atom is -0.489 e. The van der Waals surface area contributed by atoms with Crippen molar-refractivity contribution >= 4 is 40.4 Å². The molecule has 3 aromatic rings. The first-order valence-electron chi connectivity index (χ1n) is 7.83. The van der Waals surface area contributed by atoms with Gasteiger partial charge in [0.15, 0.2) is 0 Å². The number of aromatic nitrogens is 3. The van der Waals surface area contributed by atoms with Crippen molar-refractivity contribution in [3.05, 3.63) is 35.8 Å². The third kappa shape index (κ3) is 3.14. The van der Waals surface area contributed by atoms with Crippen molar-refractivity contribution < 1.29 is 14.6 Å². The number of aromatic amines is 1. The number of carboxylic acid groups (broad SMARTS) is 1. The molecule has 9 heteroatoms. The number of ether oxygens (including phenoxy) is 1. The Labute approximate surface area is 148 Å². The molecule has 9 nitrogen and oxygen atoms in total. The molecule has 0 saturated heterocycles. The number of carboxylic acids is 1. The minimum absolute atomic E-state index is 0.0529. The predicted molar refractivity (Wildman–Crippen MR) is 98.6 cm³/mol. The number of nitrogens with two attached hydrogens (primary N) is 1. The molecule has 3 rings (SSSR count). The smallest absolute Gasteiger partial charge is 0.338 e. The van der Waals surface area contributed by atoms with Gasteiger partial charge in [-0.3, -0.25) is 0 Å². The lowest BCUT2D eigenvalue weighted by Gasteiger charge is -2.17. The molecule has 0 spiro atoms. The first-order valence-corrected chi connectivity index (χ1v) is 7.83. The van der Waals surface area contributed by atoms with Gasteiger partial charge < -0.3 is 31.3 Å². The van der Waals surface area contributed by atoms with Crippen molar-refractivity contribution in [2.45, 2.75) is 20.0 Å². The molecule has 0 aliphatic rings. The summed E-state index contributed by atoms with van der Waals surface area (Å²) < 4.78 is 5.78. The Balaban J connectivity index is 2.14. The van der Waals surface area contributed by atoms with Crippen LogP contribution in [-0.4, -0.2) is 38.3 Å². The normalized spacial score (nSPS) is 10.9. The fraction of sp³-hybridized carbons (Fsp3) is 0.176. The first-order chi connectivity index (χ1) is 12.4. The molecule has 2 aromatic heterocycles. The summed E-state index contributed by atoms with van der Waals surface area (Å²) >= 11 is 0. The van der Waals surface area contributed by atoms with Crippen molar-refractivity contribution in [2.75, 3.05) is 11.1 Å². The monoisotopic (exact) mass is 354 g/mol. The Morgan fingerprint density at radius 3 is 2.85 bits per heavy atom. The summed E-state index contributed by atoms with van der Waals surface area (Å²) in [5, 5.41) is 20.3. The fourth-order valence-electron chi connectivity index (χ4n) is 2.54. The van der Waals surface area contributed by atoms with Crippen LogP contribution in [0.25, 0.3) is 11.0 Å². The van der Waals surface area contributed by atoms with Crippen LogP contribution in [0, 0.1) is 5.41 Å². The van der Waals surface area contributed by atoms with Gasteiger partial charge in [-0.2, -0.15) is 0 Å². The highest BCUT2D eigenvalue weighted by molar-refractivity contribution is 6.07. The molecular formula is C17H18N6O3. The standard InChI is InChI=1S/C17H18N6O3/c1-8(2)26-13-4-11(19)9(5-18)3-12(13)23-16-14-10(17(24)25)6-20-15(14)21-7-22-16/h3-8,18H,19H2,1-2H3,(H,24,25)(H2,20,21,22,23). The number of hydrogen-bond donors (Lipinski definition) is 5. The molecule has 0 bridgehead atoms. The topological polar surface area (TPSA) is 150 Å². The molecule has 0 unspecified atom stereocenters. The largest absolute Gasteiger partial charge is 0.489 e. The summed E-state index contributed by atoms with van der Waals surface area (Å²) in [4.78, 5) is 22.5. The third-order valence-corrected chi connectivity index (χ3v) is 3.66. The SMILES string of the molecule is CC(C)Oc1cc(N)c(C=N)cc1Nc1ncnc2[nH]cc(C(=O)O)c12. The number of H-pyrrole nitrogens is 1. The van der Waals surface area contributed by atoms with Gasteiger partial charge in [0.2, 0.25) is 0 Å². The van der Waals surface area contributed by atoms with Crippen LogP contribution in [0.5, 0.6) is 5.75 Å². The number of hydrogen-bond acceptors (Lipinski definition) is 7. The quantitative estimate of drug-likeness (QED) is 0.337. The van der Waals surface area contributed by atoms with E-state index in [0.717, 1.165) is 6.21 Å². The van der Waals surface area contributed by atoms with Gasteiger partial charge in [-0.05, 0) is 19.9 Å². The summed E-state index contributed by atoms with van der Waals surface area (Å²) in [5.41, 5.74) is 7.81. The highest BCUT2D eigenvalue weighted by Crippen LogP contribution is 2.34. The minimum atomic E-state index is -1.09. The Morgan fingerprint density at radius 1 is 1.42 bits per heavy atom. The number of anilines is 3. The Kier molecular flexibility index (Phi) is 4.44. The van der Waals surface area contributed by atoms with Gasteiger partial charge in [0.25, 0.3) is 0 Å². The van der Waals surface area contributed by atoms with Crippen LogP contribution in [-0.2, 0) is 0 Å². The van der Waals surface area contributed by atoms with Crippen molar-refractivity contribution in [1.29, 1.82) is 5.41 Å². The maximum atomic E-state index is 11.5. The molecule has 0 radical (unpaired) electrons. The third-order valence-electron chi connectivity index (χ3n) is 3.66. The van der Waals surface area contributed by atoms with Crippen molar-refractivity contribution in [1.82, 2.24) is 15.0 Å². The van der Waals surface area contributed by atoms with E-state index in [0.29, 0.717) is 39.5 Å². The van der Waals surface area contributed by atoms with E-state index >= 15 is 0 Å². The lowest BCUT2D eigenvalue weighted by molar-refractivity contribution is 0.0699. The second-order valence-corrected chi connectivity index (χ2v) is 5.87. The Morgan fingerprint density at radius 2 is 2.19 bits per heavy atom. The van der Waals surface area contributed by atoms with Gasteiger partial charge in [-0.1, -0.05) is 0 Å². The number of nitrogen functional groups attached to an aromatic ring is 1. The molecule has 6 N–H and O–H groups in total. The second-order valence-electron chi connectivity index (χ2n) is 5.87. The number of fused-ring (bicyclic) bond motifs is 1. The summed E-state index contributed by atoms with van der Waals surface area (Å²) in [6, 6.07) is 3.28. The van der Waals surface area contributed by atoms with E-state index in [1.165, 1.54) is 12.5 Å². The highest BCUT2D eigenvalue weighted by Gasteiger charge is 2.18. The number of aromatic carboxylic acids is 1. The van der Waals surface area contributed by atoms with Crippen molar-refractivity contribution in [3.63, 3.8) is 0 Å². The molecule has 1 aromatic carbocycles. The highest BCUT2D eigenvalue weighted by atomic mass is 16.5. The van der Waals surface area contributed by atoms with E-state index < -0.39 is 5.97 Å². The van der Waals surface area contributed by atoms with Crippen LogP contribution in [0.15, 0.2) is 24.7 Å². The lowest BCUT2D eigenvalue weighted by Crippen LogP contribution is -2.09. The fourth-order valence-corrected chi connectivity index (χ4v) is 2.54. The number of nitrogens with one attached hydrogen (secondary N) is 3. The molecular weight excluding hydrogens is 336 g/mol. The van der Waals surface area contributed by atoms with Gasteiger partial charge in [0.1, 0.15) is 23.5 Å². The van der Waals surface area contributed by atoms with Crippen LogP contribution < -0.4 is 15.8 Å². The maximum Gasteiger partial charge on any atom is 0.338 e. The number of nitrogens with zero attached hydrogens (tertiary/aromatic N) is 2. The Bertz CT molecular complexity index is 996. The summed E-state index contributed by atoms with van der Waals surface area (Å²) in [6.07, 6.45) is 3.72. The summed E-state index contributed by atoms with van der Waals surface area (Å²) in [5.74, 6) is -0.310. The van der Waals surface area contributed by atoms with Crippen LogP contribution in [0.2, 0.25) is 0 Å². The van der Waals surface area contributed by atoms with E-state index in [4.69, 9.17) is 15.9 Å². The second kappa shape index (κ2) is 6.71. The molecule has 0 aliphatic heterocycles. The summed E-state index contributed by atoms with van der Waals surface area (Å²) in [7, 11) is 0. The van der Waals surface area contributed by atoms with Gasteiger partial charge in [-0.15, -0.1) is 0 Å². The van der Waals surface area contributed by atoms with Crippen LogP contribution >= 0.6 is 0 Å². The Hall–Kier alpha value is -3.62. The summed E-state index contributed by atoms with van der Waals surface area (Å²) in [6.45, 7) is 3.75. The van der Waals surface area contributed by atoms with Gasteiger partial charge in [0.05, 0.1) is 22.7 Å². The molecule has 26 heavy (non-hydrogen) atoms. The maximum absolute atomic E-state index is 11.5. The van der Waals surface area contributed by atoms with Crippen molar-refractivity contribution in [2.24, 2.45) is 0 Å². The number of carbonyl (C=O) groups is 1. The molecule has 0 atom stereocenters. The molecule has 0 saturated carbocycles. The molecule has 0 aliphatic carbocycles. The average molecular weight is 354 g/mol. The lowest BCUT2D eigenvalue weighted by atomic mass is 10.1. The van der Waals surface area contributed by atoms with Crippen LogP contribution in [0.3, 0.4) is 0 Å². The molecule has 2 heterocycles. The van der Waals surface area contributed by atoms with E-state index in [-0.39, 0.29) is 11.7 Å². The predicted octanol–water partition coefficient (Wildman–Crippen LogP) is 2.77. The van der Waals surface area contributed by atoms with Gasteiger partial charge in [-0.25, -0.2) is 14.8 Å². The number of rotatable bonds is 6. The van der Waals surface area contributed by atoms with Crippen LogP contribution in [0.1, 0.15) is 29.8 Å². The first kappa shape index (κ1) is 17.2. The van der Waals surface area contributed by atoms with Gasteiger partial charge in [0, 0.05) is 29.7 Å². The van der Waals surface area contributed by atoms with Crippen molar-refractivity contribution in [3.8, 4) is 5.75 Å². The van der Waals surface area contributed by atoms with E-state index in [2.05, 4.69) is 20.3 Å². The zero-order valence-electron chi connectivity index (χ0n) is 14.2. The van der Waals surface area contributed by atoms with Crippen LogP contribution in [0.4, 0.5) is 17.2 Å². The van der Waals surface area contributed by atoms with Gasteiger partial charge >= 0.3 is 5.97 Å². The molecule has 0 fully saturated rings. The molecule has 0 amide bonds. The zero-order chi connectivity index (χ0) is 18.8. The zero-order valence-corrected chi connectivity index (χ0v) is 14.2. The number of benzene rings is 1. The average Bonchev–Trinajstić information content (AvgIpc) is 3.02. The van der Waals surface area contributed by atoms with E-state index in [9.17, 15) is 9.90 Å². The molecule has 134 valence electrons.